The Labute approximate surface area is 125 Å². The highest BCUT2D eigenvalue weighted by Crippen LogP contribution is 2.19. The maximum atomic E-state index is 12.4. The molecule has 1 aromatic carbocycles. The summed E-state index contributed by atoms with van der Waals surface area (Å²) in [6.07, 6.45) is 3.17. The fraction of sp³-hybridized carbons (Fsp3) is 0.267. The minimum Gasteiger partial charge on any atom is -0.316 e. The van der Waals surface area contributed by atoms with Crippen LogP contribution in [-0.4, -0.2) is 20.4 Å². The lowest BCUT2D eigenvalue weighted by atomic mass is 10.1. The molecule has 0 radical (unpaired) electrons. The molecule has 0 amide bonds. The molecule has 0 aliphatic carbocycles. The maximum Gasteiger partial charge on any atom is 0.261 e. The lowest BCUT2D eigenvalue weighted by molar-refractivity contribution is 0.601. The lowest BCUT2D eigenvalue weighted by Gasteiger charge is -2.11. The molecule has 0 aliphatic heterocycles. The first kappa shape index (κ1) is 15.5. The minimum atomic E-state index is -3.61. The summed E-state index contributed by atoms with van der Waals surface area (Å²) in [4.78, 5) is 4.24. The van der Waals surface area contributed by atoms with E-state index in [4.69, 9.17) is 0 Å². The molecule has 0 spiro atoms. The Hall–Kier alpha value is -1.92. The van der Waals surface area contributed by atoms with Crippen molar-refractivity contribution < 1.29 is 8.42 Å². The molecule has 21 heavy (non-hydrogen) atoms. The zero-order chi connectivity index (χ0) is 15.5. The number of anilines is 1. The molecule has 1 aromatic heterocycles. The van der Waals surface area contributed by atoms with Crippen LogP contribution in [0.3, 0.4) is 0 Å². The van der Waals surface area contributed by atoms with Gasteiger partial charge in [-0.1, -0.05) is 6.07 Å². The molecular formula is C15H19N3O2S. The molecule has 0 aliphatic rings. The summed E-state index contributed by atoms with van der Waals surface area (Å²) in [7, 11) is -1.77. The van der Waals surface area contributed by atoms with Gasteiger partial charge in [0, 0.05) is 12.7 Å². The van der Waals surface area contributed by atoms with E-state index >= 15 is 0 Å². The number of hydrogen-bond donors (Lipinski definition) is 2. The quantitative estimate of drug-likeness (QED) is 0.888. The second kappa shape index (κ2) is 6.24. The van der Waals surface area contributed by atoms with E-state index in [9.17, 15) is 8.42 Å². The molecule has 2 N–H and O–H groups in total. The van der Waals surface area contributed by atoms with E-state index in [-0.39, 0.29) is 4.90 Å². The van der Waals surface area contributed by atoms with E-state index in [0.717, 1.165) is 16.7 Å². The maximum absolute atomic E-state index is 12.4. The molecule has 0 saturated heterocycles. The predicted octanol–water partition coefficient (Wildman–Crippen LogP) is 2.22. The van der Waals surface area contributed by atoms with E-state index in [1.54, 1.807) is 24.4 Å². The fourth-order valence-electron chi connectivity index (χ4n) is 2.02. The van der Waals surface area contributed by atoms with Crippen molar-refractivity contribution in [1.82, 2.24) is 10.3 Å². The van der Waals surface area contributed by atoms with Crippen molar-refractivity contribution in [2.75, 3.05) is 11.8 Å². The van der Waals surface area contributed by atoms with Crippen LogP contribution in [-0.2, 0) is 16.6 Å². The number of aryl methyl sites for hydroxylation is 2. The molecule has 0 saturated carbocycles. The fourth-order valence-corrected chi connectivity index (χ4v) is 3.11. The van der Waals surface area contributed by atoms with Crippen LogP contribution in [0, 0.1) is 13.8 Å². The molecule has 6 heteroatoms. The van der Waals surface area contributed by atoms with Crippen molar-refractivity contribution >= 4 is 15.7 Å². The van der Waals surface area contributed by atoms with Gasteiger partial charge < -0.3 is 5.32 Å². The Bertz CT molecular complexity index is 742. The summed E-state index contributed by atoms with van der Waals surface area (Å²) in [5.74, 6) is 0. The predicted molar refractivity (Wildman–Crippen MR) is 83.7 cm³/mol. The molecular weight excluding hydrogens is 286 g/mol. The Morgan fingerprint density at radius 3 is 2.57 bits per heavy atom. The van der Waals surface area contributed by atoms with Crippen LogP contribution in [0.2, 0.25) is 0 Å². The molecule has 2 rings (SSSR count). The largest absolute Gasteiger partial charge is 0.316 e. The zero-order valence-electron chi connectivity index (χ0n) is 12.3. The number of nitrogens with one attached hydrogen (secondary N) is 2. The van der Waals surface area contributed by atoms with Gasteiger partial charge in [0.25, 0.3) is 10.0 Å². The van der Waals surface area contributed by atoms with Gasteiger partial charge in [-0.2, -0.15) is 0 Å². The number of rotatable bonds is 5. The van der Waals surface area contributed by atoms with Gasteiger partial charge in [0.15, 0.2) is 0 Å². The van der Waals surface area contributed by atoms with E-state index in [1.807, 2.05) is 27.0 Å². The standard InChI is InChI=1S/C15H19N3O2S/c1-11-6-14(10-17-8-11)18-21(19,20)15-5-4-12(2)13(7-15)9-16-3/h4-8,10,16,18H,9H2,1-3H3. The van der Waals surface area contributed by atoms with Gasteiger partial charge in [0.1, 0.15) is 0 Å². The average Bonchev–Trinajstić information content (AvgIpc) is 2.41. The van der Waals surface area contributed by atoms with Gasteiger partial charge in [-0.3, -0.25) is 9.71 Å². The zero-order valence-corrected chi connectivity index (χ0v) is 13.2. The number of hydrogen-bond acceptors (Lipinski definition) is 4. The van der Waals surface area contributed by atoms with E-state index < -0.39 is 10.0 Å². The van der Waals surface area contributed by atoms with Crippen LogP contribution in [0.4, 0.5) is 5.69 Å². The molecule has 2 aromatic rings. The van der Waals surface area contributed by atoms with Crippen LogP contribution in [0.5, 0.6) is 0 Å². The van der Waals surface area contributed by atoms with Gasteiger partial charge >= 0.3 is 0 Å². The van der Waals surface area contributed by atoms with Gasteiger partial charge in [-0.05, 0) is 55.8 Å². The number of benzene rings is 1. The topological polar surface area (TPSA) is 71.1 Å². The van der Waals surface area contributed by atoms with Crippen molar-refractivity contribution in [1.29, 1.82) is 0 Å². The number of aromatic nitrogens is 1. The number of pyridine rings is 1. The number of nitrogens with zero attached hydrogens (tertiary/aromatic N) is 1. The lowest BCUT2D eigenvalue weighted by Crippen LogP contribution is -2.15. The molecule has 112 valence electrons. The van der Waals surface area contributed by atoms with Crippen molar-refractivity contribution in [2.45, 2.75) is 25.3 Å². The summed E-state index contributed by atoms with van der Waals surface area (Å²) >= 11 is 0. The van der Waals surface area contributed by atoms with E-state index in [1.165, 1.54) is 6.20 Å². The van der Waals surface area contributed by atoms with Crippen LogP contribution >= 0.6 is 0 Å². The van der Waals surface area contributed by atoms with Gasteiger partial charge in [0.05, 0.1) is 16.8 Å². The Kier molecular flexibility index (Phi) is 4.59. The average molecular weight is 305 g/mol. The minimum absolute atomic E-state index is 0.250. The van der Waals surface area contributed by atoms with Crippen LogP contribution in [0.15, 0.2) is 41.6 Å². The van der Waals surface area contributed by atoms with Gasteiger partial charge in [0.2, 0.25) is 0 Å². The van der Waals surface area contributed by atoms with Gasteiger partial charge in [-0.15, -0.1) is 0 Å². The van der Waals surface area contributed by atoms with Crippen molar-refractivity contribution in [3.63, 3.8) is 0 Å². The Morgan fingerprint density at radius 2 is 1.90 bits per heavy atom. The highest BCUT2D eigenvalue weighted by atomic mass is 32.2. The second-order valence-corrected chi connectivity index (χ2v) is 6.66. The molecule has 0 bridgehead atoms. The molecule has 1 heterocycles. The van der Waals surface area contributed by atoms with Crippen LogP contribution in [0.1, 0.15) is 16.7 Å². The summed E-state index contributed by atoms with van der Waals surface area (Å²) in [6, 6.07) is 6.86. The van der Waals surface area contributed by atoms with Crippen molar-refractivity contribution in [3.05, 3.63) is 53.3 Å². The first-order valence-electron chi connectivity index (χ1n) is 6.61. The second-order valence-electron chi connectivity index (χ2n) is 4.98. The first-order chi connectivity index (χ1) is 9.92. The highest BCUT2D eigenvalue weighted by molar-refractivity contribution is 7.92. The third-order valence-electron chi connectivity index (χ3n) is 3.13. The summed E-state index contributed by atoms with van der Waals surface area (Å²) in [5, 5.41) is 3.04. The third-order valence-corrected chi connectivity index (χ3v) is 4.50. The van der Waals surface area contributed by atoms with E-state index in [0.29, 0.717) is 12.2 Å². The SMILES string of the molecule is CNCc1cc(S(=O)(=O)Nc2cncc(C)c2)ccc1C. The Morgan fingerprint density at radius 1 is 1.14 bits per heavy atom. The first-order valence-corrected chi connectivity index (χ1v) is 8.09. The molecule has 0 unspecified atom stereocenters. The van der Waals surface area contributed by atoms with E-state index in [2.05, 4.69) is 15.0 Å². The summed E-state index contributed by atoms with van der Waals surface area (Å²) in [6.45, 7) is 4.45. The van der Waals surface area contributed by atoms with Crippen molar-refractivity contribution in [2.24, 2.45) is 0 Å². The molecule has 5 nitrogen and oxygen atoms in total. The van der Waals surface area contributed by atoms with Crippen LogP contribution < -0.4 is 10.0 Å². The normalized spacial score (nSPS) is 11.4. The van der Waals surface area contributed by atoms with Crippen LogP contribution in [0.25, 0.3) is 0 Å². The van der Waals surface area contributed by atoms with Gasteiger partial charge in [-0.25, -0.2) is 8.42 Å². The third kappa shape index (κ3) is 3.80. The monoisotopic (exact) mass is 305 g/mol. The summed E-state index contributed by atoms with van der Waals surface area (Å²) in [5.41, 5.74) is 3.38. The smallest absolute Gasteiger partial charge is 0.261 e. The highest BCUT2D eigenvalue weighted by Gasteiger charge is 2.15. The summed E-state index contributed by atoms with van der Waals surface area (Å²) < 4.78 is 27.4. The Balaban J connectivity index is 2.33. The van der Waals surface area contributed by atoms with Crippen molar-refractivity contribution in [3.8, 4) is 0 Å². The molecule has 0 fully saturated rings. The number of sulfonamides is 1. The molecule has 0 atom stereocenters.